The van der Waals surface area contributed by atoms with Gasteiger partial charge in [0.25, 0.3) is 0 Å². The number of nitrogens with two attached hydrogens (primary N) is 1. The molecule has 0 aliphatic heterocycles. The van der Waals surface area contributed by atoms with Crippen LogP contribution in [0.3, 0.4) is 0 Å². The molecular formula is C10H12N2O2. The molecular weight excluding hydrogens is 180 g/mol. The number of rotatable bonds is 2. The molecule has 4 nitrogen and oxygen atoms in total. The number of aliphatic hydroxyl groups excluding tert-OH is 1. The summed E-state index contributed by atoms with van der Waals surface area (Å²) in [4.78, 5) is 2.98. The van der Waals surface area contributed by atoms with Crippen LogP contribution in [-0.4, -0.2) is 21.8 Å². The predicted octanol–water partition coefficient (Wildman–Crippen LogP) is 0.866. The molecule has 0 aliphatic carbocycles. The van der Waals surface area contributed by atoms with Gasteiger partial charge >= 0.3 is 0 Å². The molecule has 74 valence electrons. The third-order valence-corrected chi connectivity index (χ3v) is 2.27. The SMILES string of the molecule is N[C@@H](CO)c1[nH]c2ccccc2c1O. The van der Waals surface area contributed by atoms with E-state index in [4.69, 9.17) is 10.8 Å². The molecule has 1 atom stereocenters. The monoisotopic (exact) mass is 192 g/mol. The Bertz CT molecular complexity index is 450. The van der Waals surface area contributed by atoms with E-state index in [-0.39, 0.29) is 12.4 Å². The van der Waals surface area contributed by atoms with Crippen molar-refractivity contribution in [2.45, 2.75) is 6.04 Å². The summed E-state index contributed by atoms with van der Waals surface area (Å²) >= 11 is 0. The molecule has 0 saturated carbocycles. The standard InChI is InChI=1S/C10H12N2O2/c11-7(5-13)9-10(14)6-3-1-2-4-8(6)12-9/h1-4,7,12-14H,5,11H2/t7-/m0/s1. The van der Waals surface area contributed by atoms with Crippen LogP contribution in [0.15, 0.2) is 24.3 Å². The minimum atomic E-state index is -0.567. The highest BCUT2D eigenvalue weighted by Crippen LogP contribution is 2.31. The van der Waals surface area contributed by atoms with Crippen LogP contribution in [0.2, 0.25) is 0 Å². The summed E-state index contributed by atoms with van der Waals surface area (Å²) in [7, 11) is 0. The molecule has 0 radical (unpaired) electrons. The Balaban J connectivity index is 2.62. The zero-order chi connectivity index (χ0) is 10.1. The van der Waals surface area contributed by atoms with Gasteiger partial charge in [0.1, 0.15) is 5.75 Å². The fourth-order valence-corrected chi connectivity index (χ4v) is 1.51. The van der Waals surface area contributed by atoms with E-state index < -0.39 is 6.04 Å². The zero-order valence-corrected chi connectivity index (χ0v) is 7.57. The Hall–Kier alpha value is -1.52. The van der Waals surface area contributed by atoms with Gasteiger partial charge in [-0.1, -0.05) is 12.1 Å². The van der Waals surface area contributed by atoms with Gasteiger partial charge < -0.3 is 20.9 Å². The number of aromatic amines is 1. The van der Waals surface area contributed by atoms with Gasteiger partial charge in [-0.25, -0.2) is 0 Å². The normalized spacial score (nSPS) is 13.3. The molecule has 2 rings (SSSR count). The second kappa shape index (κ2) is 3.32. The van der Waals surface area contributed by atoms with Crippen molar-refractivity contribution in [3.8, 4) is 5.75 Å². The van der Waals surface area contributed by atoms with Crippen LogP contribution in [0.4, 0.5) is 0 Å². The van der Waals surface area contributed by atoms with Gasteiger partial charge in [-0.15, -0.1) is 0 Å². The number of aromatic nitrogens is 1. The minimum Gasteiger partial charge on any atom is -0.505 e. The van der Waals surface area contributed by atoms with E-state index in [1.807, 2.05) is 18.2 Å². The zero-order valence-electron chi connectivity index (χ0n) is 7.57. The van der Waals surface area contributed by atoms with Gasteiger partial charge in [0.05, 0.1) is 18.3 Å². The minimum absolute atomic E-state index is 0.127. The van der Waals surface area contributed by atoms with Gasteiger partial charge in [0, 0.05) is 10.9 Å². The van der Waals surface area contributed by atoms with E-state index in [0.717, 1.165) is 10.9 Å². The quantitative estimate of drug-likeness (QED) is 0.569. The topological polar surface area (TPSA) is 82.3 Å². The Morgan fingerprint density at radius 2 is 2.07 bits per heavy atom. The van der Waals surface area contributed by atoms with Crippen LogP contribution in [0, 0.1) is 0 Å². The summed E-state index contributed by atoms with van der Waals surface area (Å²) in [5, 5.41) is 19.4. The van der Waals surface area contributed by atoms with E-state index >= 15 is 0 Å². The van der Waals surface area contributed by atoms with Crippen molar-refractivity contribution in [3.05, 3.63) is 30.0 Å². The van der Waals surface area contributed by atoms with Gasteiger partial charge in [-0.2, -0.15) is 0 Å². The predicted molar refractivity (Wildman–Crippen MR) is 54.0 cm³/mol. The second-order valence-electron chi connectivity index (χ2n) is 3.22. The van der Waals surface area contributed by atoms with Crippen molar-refractivity contribution >= 4 is 10.9 Å². The van der Waals surface area contributed by atoms with Crippen molar-refractivity contribution in [2.24, 2.45) is 5.73 Å². The first-order valence-electron chi connectivity index (χ1n) is 4.40. The summed E-state index contributed by atoms with van der Waals surface area (Å²) in [6, 6.07) is 6.79. The third-order valence-electron chi connectivity index (χ3n) is 2.27. The molecule has 0 fully saturated rings. The molecule has 1 aromatic carbocycles. The van der Waals surface area contributed by atoms with Crippen molar-refractivity contribution in [3.63, 3.8) is 0 Å². The molecule has 0 amide bonds. The highest BCUT2D eigenvalue weighted by molar-refractivity contribution is 5.87. The molecule has 1 aromatic heterocycles. The number of aromatic hydroxyl groups is 1. The smallest absolute Gasteiger partial charge is 0.145 e. The summed E-state index contributed by atoms with van der Waals surface area (Å²) in [5.74, 6) is 0.127. The molecule has 0 aliphatic rings. The summed E-state index contributed by atoms with van der Waals surface area (Å²) in [5.41, 5.74) is 6.92. The lowest BCUT2D eigenvalue weighted by atomic mass is 10.2. The number of aliphatic hydroxyl groups is 1. The van der Waals surface area contributed by atoms with Crippen molar-refractivity contribution in [1.82, 2.24) is 4.98 Å². The van der Waals surface area contributed by atoms with Crippen LogP contribution in [0.5, 0.6) is 5.75 Å². The first-order chi connectivity index (χ1) is 6.74. The lowest BCUT2D eigenvalue weighted by molar-refractivity contribution is 0.263. The Morgan fingerprint density at radius 3 is 2.71 bits per heavy atom. The summed E-state index contributed by atoms with van der Waals surface area (Å²) in [6.07, 6.45) is 0. The Kier molecular flexibility index (Phi) is 2.15. The van der Waals surface area contributed by atoms with E-state index in [1.165, 1.54) is 0 Å². The van der Waals surface area contributed by atoms with Gasteiger partial charge in [-0.05, 0) is 12.1 Å². The van der Waals surface area contributed by atoms with Crippen molar-refractivity contribution in [2.75, 3.05) is 6.61 Å². The molecule has 4 heteroatoms. The molecule has 0 saturated heterocycles. The first-order valence-corrected chi connectivity index (χ1v) is 4.40. The number of benzene rings is 1. The molecule has 0 spiro atoms. The molecule has 5 N–H and O–H groups in total. The van der Waals surface area contributed by atoms with Crippen LogP contribution in [-0.2, 0) is 0 Å². The number of H-pyrrole nitrogens is 1. The summed E-state index contributed by atoms with van der Waals surface area (Å²) < 4.78 is 0. The van der Waals surface area contributed by atoms with Gasteiger partial charge in [0.2, 0.25) is 0 Å². The number of fused-ring (bicyclic) bond motifs is 1. The van der Waals surface area contributed by atoms with Crippen LogP contribution in [0.25, 0.3) is 10.9 Å². The maximum absolute atomic E-state index is 9.77. The lowest BCUT2D eigenvalue weighted by Gasteiger charge is -2.05. The largest absolute Gasteiger partial charge is 0.505 e. The molecule has 0 unspecified atom stereocenters. The highest BCUT2D eigenvalue weighted by Gasteiger charge is 2.15. The number of nitrogens with one attached hydrogen (secondary N) is 1. The number of hydrogen-bond acceptors (Lipinski definition) is 3. The number of para-hydroxylation sites is 1. The first kappa shape index (κ1) is 9.05. The van der Waals surface area contributed by atoms with E-state index in [9.17, 15) is 5.11 Å². The summed E-state index contributed by atoms with van der Waals surface area (Å²) in [6.45, 7) is -0.194. The average molecular weight is 192 g/mol. The Labute approximate surface area is 81.0 Å². The molecule has 0 bridgehead atoms. The van der Waals surface area contributed by atoms with Crippen LogP contribution >= 0.6 is 0 Å². The van der Waals surface area contributed by atoms with E-state index in [2.05, 4.69) is 4.98 Å². The maximum Gasteiger partial charge on any atom is 0.145 e. The second-order valence-corrected chi connectivity index (χ2v) is 3.22. The van der Waals surface area contributed by atoms with E-state index in [0.29, 0.717) is 5.69 Å². The van der Waals surface area contributed by atoms with Crippen LogP contribution < -0.4 is 5.73 Å². The van der Waals surface area contributed by atoms with Crippen LogP contribution in [0.1, 0.15) is 11.7 Å². The van der Waals surface area contributed by atoms with Gasteiger partial charge in [-0.3, -0.25) is 0 Å². The third kappa shape index (κ3) is 1.25. The fraction of sp³-hybridized carbons (Fsp3) is 0.200. The average Bonchev–Trinajstić information content (AvgIpc) is 2.56. The maximum atomic E-state index is 9.77. The van der Waals surface area contributed by atoms with Gasteiger partial charge in [0.15, 0.2) is 0 Å². The lowest BCUT2D eigenvalue weighted by Crippen LogP contribution is -2.14. The number of hydrogen-bond donors (Lipinski definition) is 4. The highest BCUT2D eigenvalue weighted by atomic mass is 16.3. The van der Waals surface area contributed by atoms with Crippen molar-refractivity contribution < 1.29 is 10.2 Å². The fourth-order valence-electron chi connectivity index (χ4n) is 1.51. The molecule has 2 aromatic rings. The van der Waals surface area contributed by atoms with E-state index in [1.54, 1.807) is 6.07 Å². The molecule has 14 heavy (non-hydrogen) atoms. The molecule has 1 heterocycles. The van der Waals surface area contributed by atoms with Crippen molar-refractivity contribution in [1.29, 1.82) is 0 Å². The Morgan fingerprint density at radius 1 is 1.36 bits per heavy atom.